The fourth-order valence-corrected chi connectivity index (χ4v) is 3.04. The Labute approximate surface area is 94.3 Å². The van der Waals surface area contributed by atoms with E-state index in [2.05, 4.69) is 4.98 Å². The van der Waals surface area contributed by atoms with E-state index in [-0.39, 0.29) is 18.4 Å². The largest absolute Gasteiger partial charge is 0.395 e. The molecule has 1 saturated heterocycles. The van der Waals surface area contributed by atoms with Crippen molar-refractivity contribution in [1.29, 1.82) is 0 Å². The molecule has 0 aromatic carbocycles. The topological polar surface area (TPSA) is 75.1 Å². The van der Waals surface area contributed by atoms with Crippen LogP contribution in [0.15, 0.2) is 21.9 Å². The molecular formula is C9H11FN2O3S. The van der Waals surface area contributed by atoms with E-state index in [9.17, 15) is 14.0 Å². The highest BCUT2D eigenvalue weighted by atomic mass is 32.2. The molecule has 0 aliphatic carbocycles. The van der Waals surface area contributed by atoms with Crippen LogP contribution in [-0.2, 0) is 0 Å². The van der Waals surface area contributed by atoms with E-state index in [1.54, 1.807) is 0 Å². The third-order valence-corrected chi connectivity index (χ3v) is 4.03. The van der Waals surface area contributed by atoms with Gasteiger partial charge in [-0.2, -0.15) is 0 Å². The maximum absolute atomic E-state index is 13.4. The molecule has 7 heteroatoms. The Morgan fingerprint density at radius 2 is 2.38 bits per heavy atom. The zero-order valence-electron chi connectivity index (χ0n) is 8.30. The quantitative estimate of drug-likeness (QED) is 0.762. The van der Waals surface area contributed by atoms with E-state index in [4.69, 9.17) is 5.11 Å². The van der Waals surface area contributed by atoms with Crippen LogP contribution in [0.3, 0.4) is 0 Å². The Morgan fingerprint density at radius 1 is 1.62 bits per heavy atom. The molecule has 0 unspecified atom stereocenters. The number of nitrogens with zero attached hydrogens (tertiary/aromatic N) is 1. The fourth-order valence-electron chi connectivity index (χ4n) is 1.68. The number of hydrogen-bond donors (Lipinski definition) is 2. The van der Waals surface area contributed by atoms with E-state index in [0.29, 0.717) is 0 Å². The van der Waals surface area contributed by atoms with Gasteiger partial charge in [0.1, 0.15) is 6.17 Å². The summed E-state index contributed by atoms with van der Waals surface area (Å²) in [6.45, 7) is -0.250. The Morgan fingerprint density at radius 3 is 2.94 bits per heavy atom. The Balaban J connectivity index is 2.27. The van der Waals surface area contributed by atoms with Crippen molar-refractivity contribution in [2.45, 2.75) is 23.2 Å². The summed E-state index contributed by atoms with van der Waals surface area (Å²) >= 11 is 1.21. The smallest absolute Gasteiger partial charge is 0.329 e. The van der Waals surface area contributed by atoms with Crippen LogP contribution in [0.1, 0.15) is 11.8 Å². The van der Waals surface area contributed by atoms with E-state index >= 15 is 0 Å². The number of thioether (sulfide) groups is 1. The molecule has 1 aromatic rings. The van der Waals surface area contributed by atoms with Gasteiger partial charge in [-0.3, -0.25) is 14.3 Å². The minimum absolute atomic E-state index is 0.168. The lowest BCUT2D eigenvalue weighted by molar-refractivity contribution is 0.227. The van der Waals surface area contributed by atoms with Gasteiger partial charge in [-0.15, -0.1) is 11.8 Å². The van der Waals surface area contributed by atoms with Gasteiger partial charge in [0.25, 0.3) is 5.56 Å². The maximum atomic E-state index is 13.4. The minimum atomic E-state index is -1.13. The van der Waals surface area contributed by atoms with Crippen molar-refractivity contribution < 1.29 is 9.50 Å². The summed E-state index contributed by atoms with van der Waals surface area (Å²) in [6.07, 6.45) is 0.395. The third-order valence-electron chi connectivity index (χ3n) is 2.50. The monoisotopic (exact) mass is 246 g/mol. The van der Waals surface area contributed by atoms with Crippen LogP contribution < -0.4 is 11.2 Å². The van der Waals surface area contributed by atoms with Crippen molar-refractivity contribution >= 4 is 11.8 Å². The van der Waals surface area contributed by atoms with E-state index in [1.165, 1.54) is 28.6 Å². The van der Waals surface area contributed by atoms with Crippen molar-refractivity contribution in [3.05, 3.63) is 33.1 Å². The summed E-state index contributed by atoms with van der Waals surface area (Å²) in [4.78, 5) is 24.4. The Bertz CT molecular complexity index is 486. The molecule has 2 N–H and O–H groups in total. The number of nitrogens with one attached hydrogen (secondary N) is 1. The number of H-pyrrole nitrogens is 1. The van der Waals surface area contributed by atoms with E-state index < -0.39 is 22.7 Å². The van der Waals surface area contributed by atoms with Gasteiger partial charge in [-0.05, 0) is 0 Å². The number of alkyl halides is 1. The third kappa shape index (κ3) is 2.05. The number of rotatable bonds is 2. The summed E-state index contributed by atoms with van der Waals surface area (Å²) in [5, 5.41) is 8.05. The average molecular weight is 246 g/mol. The predicted octanol–water partition coefficient (Wildman–Crippen LogP) is -0.129. The van der Waals surface area contributed by atoms with Gasteiger partial charge in [0.05, 0.1) is 17.2 Å². The zero-order valence-corrected chi connectivity index (χ0v) is 9.11. The molecule has 1 aliphatic heterocycles. The molecule has 1 aromatic heterocycles. The van der Waals surface area contributed by atoms with Crippen molar-refractivity contribution in [2.24, 2.45) is 0 Å². The maximum Gasteiger partial charge on any atom is 0.329 e. The molecule has 2 rings (SSSR count). The summed E-state index contributed by atoms with van der Waals surface area (Å²) in [5.41, 5.74) is -1.02. The standard InChI is InChI=1S/C9H11FN2O3S/c10-5-3-8(16-6(5)4-13)12-2-1-7(14)11-9(12)15/h1-2,5-6,8,13H,3-4H2,(H,11,14,15)/t5-,6-,8-/m1/s1. The first kappa shape index (κ1) is 11.4. The van der Waals surface area contributed by atoms with Crippen molar-refractivity contribution in [2.75, 3.05) is 6.61 Å². The van der Waals surface area contributed by atoms with Gasteiger partial charge in [0, 0.05) is 18.7 Å². The molecule has 2 heterocycles. The second-order valence-corrected chi connectivity index (χ2v) is 5.00. The Kier molecular flexibility index (Phi) is 3.15. The highest BCUT2D eigenvalue weighted by Gasteiger charge is 2.35. The van der Waals surface area contributed by atoms with Crippen molar-refractivity contribution in [3.8, 4) is 0 Å². The van der Waals surface area contributed by atoms with Crippen LogP contribution >= 0.6 is 11.8 Å². The van der Waals surface area contributed by atoms with Crippen LogP contribution in [0.25, 0.3) is 0 Å². The highest BCUT2D eigenvalue weighted by Crippen LogP contribution is 2.41. The number of aromatic amines is 1. The number of aliphatic hydroxyl groups excluding tert-OH is 1. The molecule has 0 bridgehead atoms. The number of aliphatic hydroxyl groups is 1. The lowest BCUT2D eigenvalue weighted by atomic mass is 10.2. The average Bonchev–Trinajstić information content (AvgIpc) is 2.59. The lowest BCUT2D eigenvalue weighted by Crippen LogP contribution is -2.30. The molecule has 3 atom stereocenters. The molecule has 16 heavy (non-hydrogen) atoms. The normalized spacial score (nSPS) is 29.5. The first-order chi connectivity index (χ1) is 7.61. The number of halogens is 1. The van der Waals surface area contributed by atoms with Crippen LogP contribution in [-0.4, -0.2) is 32.7 Å². The summed E-state index contributed by atoms with van der Waals surface area (Å²) in [6, 6.07) is 1.22. The second-order valence-electron chi connectivity index (χ2n) is 3.58. The Hall–Kier alpha value is -1.08. The van der Waals surface area contributed by atoms with Gasteiger partial charge < -0.3 is 5.11 Å². The van der Waals surface area contributed by atoms with Gasteiger partial charge in [-0.1, -0.05) is 0 Å². The number of hydrogen-bond acceptors (Lipinski definition) is 4. The van der Waals surface area contributed by atoms with E-state index in [0.717, 1.165) is 0 Å². The van der Waals surface area contributed by atoms with Crippen LogP contribution in [0.4, 0.5) is 4.39 Å². The van der Waals surface area contributed by atoms with Gasteiger partial charge in [-0.25, -0.2) is 9.18 Å². The highest BCUT2D eigenvalue weighted by molar-refractivity contribution is 8.00. The van der Waals surface area contributed by atoms with Crippen molar-refractivity contribution in [3.63, 3.8) is 0 Å². The van der Waals surface area contributed by atoms with Crippen LogP contribution in [0, 0.1) is 0 Å². The van der Waals surface area contributed by atoms with E-state index in [1.807, 2.05) is 0 Å². The lowest BCUT2D eigenvalue weighted by Gasteiger charge is -2.11. The minimum Gasteiger partial charge on any atom is -0.395 e. The zero-order chi connectivity index (χ0) is 11.7. The fraction of sp³-hybridized carbons (Fsp3) is 0.556. The molecule has 88 valence electrons. The van der Waals surface area contributed by atoms with Crippen LogP contribution in [0.5, 0.6) is 0 Å². The van der Waals surface area contributed by atoms with Gasteiger partial charge in [0.15, 0.2) is 0 Å². The summed E-state index contributed by atoms with van der Waals surface area (Å²) in [7, 11) is 0. The molecule has 0 amide bonds. The second kappa shape index (κ2) is 4.42. The van der Waals surface area contributed by atoms with Crippen LogP contribution in [0.2, 0.25) is 0 Å². The predicted molar refractivity (Wildman–Crippen MR) is 58.3 cm³/mol. The van der Waals surface area contributed by atoms with Crippen molar-refractivity contribution in [1.82, 2.24) is 9.55 Å². The van der Waals surface area contributed by atoms with Gasteiger partial charge in [0.2, 0.25) is 0 Å². The molecular weight excluding hydrogens is 235 g/mol. The first-order valence-corrected chi connectivity index (χ1v) is 5.78. The molecule has 0 radical (unpaired) electrons. The molecule has 0 saturated carbocycles. The van der Waals surface area contributed by atoms with Gasteiger partial charge >= 0.3 is 5.69 Å². The molecule has 1 aliphatic rings. The SMILES string of the molecule is O=c1ccn([C@H]2C[C@@H](F)[C@@H](CO)S2)c(=O)[nH]1. The molecule has 1 fully saturated rings. The molecule has 0 spiro atoms. The summed E-state index contributed by atoms with van der Waals surface area (Å²) in [5.74, 6) is 0. The summed E-state index contributed by atoms with van der Waals surface area (Å²) < 4.78 is 14.7. The number of aromatic nitrogens is 2. The first-order valence-electron chi connectivity index (χ1n) is 4.83. The molecule has 5 nitrogen and oxygen atoms in total.